The number of carbonyl (C=O) groups excluding carboxylic acids is 1. The van der Waals surface area contributed by atoms with Crippen molar-refractivity contribution in [3.05, 3.63) is 29.6 Å². The Morgan fingerprint density at radius 2 is 2.31 bits per heavy atom. The molecule has 5 heteroatoms. The number of halogens is 1. The standard InChI is InChI=1S/C11H12FN3O/c1-14-11(16)4-5-15-9-3-2-8(7-13)10(12)6-9/h2-3,6,15H,4-5H2,1H3,(H,14,16). The first-order valence-electron chi connectivity index (χ1n) is 4.81. The maximum Gasteiger partial charge on any atom is 0.221 e. The van der Waals surface area contributed by atoms with Gasteiger partial charge in [0, 0.05) is 25.7 Å². The van der Waals surface area contributed by atoms with Crippen molar-refractivity contribution < 1.29 is 9.18 Å². The fraction of sp³-hybridized carbons (Fsp3) is 0.273. The maximum atomic E-state index is 13.2. The summed E-state index contributed by atoms with van der Waals surface area (Å²) in [5, 5.41) is 13.9. The van der Waals surface area contributed by atoms with E-state index in [-0.39, 0.29) is 11.5 Å². The molecule has 0 atom stereocenters. The van der Waals surface area contributed by atoms with E-state index in [2.05, 4.69) is 10.6 Å². The molecule has 2 N–H and O–H groups in total. The van der Waals surface area contributed by atoms with Crippen molar-refractivity contribution in [2.75, 3.05) is 18.9 Å². The Labute approximate surface area is 93.1 Å². The van der Waals surface area contributed by atoms with Gasteiger partial charge in [-0.25, -0.2) is 4.39 Å². The quantitative estimate of drug-likeness (QED) is 0.804. The molecule has 0 aliphatic carbocycles. The zero-order valence-corrected chi connectivity index (χ0v) is 8.88. The second-order valence-corrected chi connectivity index (χ2v) is 3.16. The molecule has 84 valence electrons. The summed E-state index contributed by atoms with van der Waals surface area (Å²) in [6, 6.07) is 5.98. The van der Waals surface area contributed by atoms with E-state index in [1.54, 1.807) is 19.2 Å². The molecule has 0 saturated heterocycles. The van der Waals surface area contributed by atoms with Gasteiger partial charge in [0.2, 0.25) is 5.91 Å². The molecule has 0 aliphatic rings. The van der Waals surface area contributed by atoms with E-state index >= 15 is 0 Å². The minimum Gasteiger partial charge on any atom is -0.384 e. The zero-order valence-electron chi connectivity index (χ0n) is 8.88. The van der Waals surface area contributed by atoms with Crippen LogP contribution in [-0.4, -0.2) is 19.5 Å². The van der Waals surface area contributed by atoms with Gasteiger partial charge in [-0.2, -0.15) is 5.26 Å². The van der Waals surface area contributed by atoms with E-state index < -0.39 is 5.82 Å². The number of carbonyl (C=O) groups is 1. The Kier molecular flexibility index (Phi) is 4.28. The smallest absolute Gasteiger partial charge is 0.221 e. The predicted octanol–water partition coefficient (Wildman–Crippen LogP) is 1.25. The third-order valence-electron chi connectivity index (χ3n) is 2.05. The van der Waals surface area contributed by atoms with Gasteiger partial charge in [-0.3, -0.25) is 4.79 Å². The number of amides is 1. The lowest BCUT2D eigenvalue weighted by Gasteiger charge is -2.06. The zero-order chi connectivity index (χ0) is 12.0. The molecule has 16 heavy (non-hydrogen) atoms. The van der Waals surface area contributed by atoms with Crippen molar-refractivity contribution in [2.45, 2.75) is 6.42 Å². The summed E-state index contributed by atoms with van der Waals surface area (Å²) in [7, 11) is 1.56. The molecule has 1 aromatic carbocycles. The third kappa shape index (κ3) is 3.24. The number of anilines is 1. The summed E-state index contributed by atoms with van der Waals surface area (Å²) < 4.78 is 13.2. The molecule has 1 amide bonds. The van der Waals surface area contributed by atoms with Gasteiger partial charge in [-0.15, -0.1) is 0 Å². The number of nitriles is 1. The van der Waals surface area contributed by atoms with Crippen LogP contribution in [0.25, 0.3) is 0 Å². The molecule has 0 bridgehead atoms. The molecular formula is C11H12FN3O. The number of nitrogens with zero attached hydrogens (tertiary/aromatic N) is 1. The van der Waals surface area contributed by atoms with Gasteiger partial charge in [0.05, 0.1) is 5.56 Å². The fourth-order valence-corrected chi connectivity index (χ4v) is 1.16. The molecule has 0 saturated carbocycles. The van der Waals surface area contributed by atoms with Crippen molar-refractivity contribution in [1.82, 2.24) is 5.32 Å². The van der Waals surface area contributed by atoms with Crippen molar-refractivity contribution >= 4 is 11.6 Å². The Morgan fingerprint density at radius 3 is 2.88 bits per heavy atom. The van der Waals surface area contributed by atoms with E-state index in [9.17, 15) is 9.18 Å². The van der Waals surface area contributed by atoms with Crippen LogP contribution in [0.3, 0.4) is 0 Å². The number of hydrogen-bond acceptors (Lipinski definition) is 3. The molecule has 1 rings (SSSR count). The first-order valence-corrected chi connectivity index (χ1v) is 4.81. The summed E-state index contributed by atoms with van der Waals surface area (Å²) in [5.74, 6) is -0.644. The molecule has 0 spiro atoms. The normalized spacial score (nSPS) is 9.31. The fourth-order valence-electron chi connectivity index (χ4n) is 1.16. The maximum absolute atomic E-state index is 13.2. The van der Waals surface area contributed by atoms with Crippen LogP contribution in [0.15, 0.2) is 18.2 Å². The second kappa shape index (κ2) is 5.71. The van der Waals surface area contributed by atoms with Crippen LogP contribution in [0.2, 0.25) is 0 Å². The van der Waals surface area contributed by atoms with Gasteiger partial charge >= 0.3 is 0 Å². The number of rotatable bonds is 4. The van der Waals surface area contributed by atoms with Crippen LogP contribution >= 0.6 is 0 Å². The third-order valence-corrected chi connectivity index (χ3v) is 2.05. The molecule has 1 aromatic rings. The number of benzene rings is 1. The molecule has 4 nitrogen and oxygen atoms in total. The molecular weight excluding hydrogens is 209 g/mol. The largest absolute Gasteiger partial charge is 0.384 e. The molecule has 0 aromatic heterocycles. The summed E-state index contributed by atoms with van der Waals surface area (Å²) in [5.41, 5.74) is 0.567. The van der Waals surface area contributed by atoms with Gasteiger partial charge < -0.3 is 10.6 Å². The minimum atomic E-state index is -0.563. The highest BCUT2D eigenvalue weighted by Crippen LogP contribution is 2.13. The van der Waals surface area contributed by atoms with Gasteiger partial charge in [-0.1, -0.05) is 0 Å². The van der Waals surface area contributed by atoms with Crippen LogP contribution < -0.4 is 10.6 Å². The van der Waals surface area contributed by atoms with E-state index in [0.29, 0.717) is 18.7 Å². The number of nitrogens with one attached hydrogen (secondary N) is 2. The summed E-state index contributed by atoms with van der Waals surface area (Å²) in [6.07, 6.45) is 0.318. The van der Waals surface area contributed by atoms with E-state index in [1.807, 2.05) is 0 Å². The van der Waals surface area contributed by atoms with Crippen molar-refractivity contribution in [3.63, 3.8) is 0 Å². The van der Waals surface area contributed by atoms with Gasteiger partial charge in [-0.05, 0) is 18.2 Å². The molecule has 0 radical (unpaired) electrons. The highest BCUT2D eigenvalue weighted by atomic mass is 19.1. The van der Waals surface area contributed by atoms with Crippen LogP contribution in [-0.2, 0) is 4.79 Å². The average molecular weight is 221 g/mol. The summed E-state index contributed by atoms with van der Waals surface area (Å²) in [4.78, 5) is 10.9. The van der Waals surface area contributed by atoms with Crippen LogP contribution in [0.1, 0.15) is 12.0 Å². The highest BCUT2D eigenvalue weighted by Gasteiger charge is 2.02. The van der Waals surface area contributed by atoms with E-state index in [1.165, 1.54) is 12.1 Å². The topological polar surface area (TPSA) is 64.9 Å². The first-order chi connectivity index (χ1) is 7.67. The number of hydrogen-bond donors (Lipinski definition) is 2. The monoisotopic (exact) mass is 221 g/mol. The highest BCUT2D eigenvalue weighted by molar-refractivity contribution is 5.76. The predicted molar refractivity (Wildman–Crippen MR) is 58.3 cm³/mol. The lowest BCUT2D eigenvalue weighted by atomic mass is 10.2. The van der Waals surface area contributed by atoms with E-state index in [4.69, 9.17) is 5.26 Å². The van der Waals surface area contributed by atoms with Gasteiger partial charge in [0.1, 0.15) is 11.9 Å². The van der Waals surface area contributed by atoms with E-state index in [0.717, 1.165) is 0 Å². The lowest BCUT2D eigenvalue weighted by molar-refractivity contribution is -0.120. The Morgan fingerprint density at radius 1 is 1.56 bits per heavy atom. The van der Waals surface area contributed by atoms with Crippen molar-refractivity contribution in [3.8, 4) is 6.07 Å². The average Bonchev–Trinajstić information content (AvgIpc) is 2.29. The minimum absolute atomic E-state index is 0.0110. The molecule has 0 fully saturated rings. The molecule has 0 unspecified atom stereocenters. The van der Waals surface area contributed by atoms with Crippen molar-refractivity contribution in [1.29, 1.82) is 5.26 Å². The Balaban J connectivity index is 2.53. The Hall–Kier alpha value is -2.09. The van der Waals surface area contributed by atoms with Crippen LogP contribution in [0.5, 0.6) is 0 Å². The Bertz CT molecular complexity index is 426. The molecule has 0 heterocycles. The summed E-state index contributed by atoms with van der Waals surface area (Å²) >= 11 is 0. The van der Waals surface area contributed by atoms with Crippen LogP contribution in [0, 0.1) is 17.1 Å². The SMILES string of the molecule is CNC(=O)CCNc1ccc(C#N)c(F)c1. The van der Waals surface area contributed by atoms with Gasteiger partial charge in [0.25, 0.3) is 0 Å². The second-order valence-electron chi connectivity index (χ2n) is 3.16. The lowest BCUT2D eigenvalue weighted by Crippen LogP contribution is -2.20. The molecule has 0 aliphatic heterocycles. The van der Waals surface area contributed by atoms with Crippen LogP contribution in [0.4, 0.5) is 10.1 Å². The first kappa shape index (κ1) is 12.0. The van der Waals surface area contributed by atoms with Gasteiger partial charge in [0.15, 0.2) is 0 Å². The summed E-state index contributed by atoms with van der Waals surface area (Å²) in [6.45, 7) is 0.422. The van der Waals surface area contributed by atoms with Crippen molar-refractivity contribution in [2.24, 2.45) is 0 Å².